The lowest BCUT2D eigenvalue weighted by Crippen LogP contribution is -2.49. The first-order valence-electron chi connectivity index (χ1n) is 12.1. The Kier molecular flexibility index (Phi) is 6.17. The van der Waals surface area contributed by atoms with E-state index in [9.17, 15) is 14.4 Å². The third-order valence-corrected chi connectivity index (χ3v) is 6.85. The molecule has 3 aliphatic heterocycles. The van der Waals surface area contributed by atoms with Gasteiger partial charge in [0.1, 0.15) is 17.5 Å². The summed E-state index contributed by atoms with van der Waals surface area (Å²) in [6, 6.07) is 8.93. The molecular weight excluding hydrogens is 432 g/mol. The van der Waals surface area contributed by atoms with Crippen LogP contribution in [0.1, 0.15) is 52.2 Å². The van der Waals surface area contributed by atoms with Gasteiger partial charge in [-0.15, -0.1) is 0 Å². The van der Waals surface area contributed by atoms with Crippen LogP contribution in [0.2, 0.25) is 0 Å². The molecule has 3 amide bonds. The Morgan fingerprint density at radius 1 is 0.853 bits per heavy atom. The van der Waals surface area contributed by atoms with Gasteiger partial charge in [0, 0.05) is 58.3 Å². The second kappa shape index (κ2) is 9.40. The van der Waals surface area contributed by atoms with Gasteiger partial charge in [-0.2, -0.15) is 0 Å². The summed E-state index contributed by atoms with van der Waals surface area (Å²) in [6.45, 7) is 6.98. The molecule has 3 aliphatic rings. The number of anilines is 2. The summed E-state index contributed by atoms with van der Waals surface area (Å²) >= 11 is 0. The van der Waals surface area contributed by atoms with Crippen LogP contribution < -0.4 is 9.80 Å². The number of hydrogen-bond acceptors (Lipinski definition) is 7. The summed E-state index contributed by atoms with van der Waals surface area (Å²) in [4.78, 5) is 54.6. The number of piperazine rings is 1. The van der Waals surface area contributed by atoms with Crippen molar-refractivity contribution in [2.45, 2.75) is 32.6 Å². The molecule has 0 saturated carbocycles. The zero-order chi connectivity index (χ0) is 23.7. The van der Waals surface area contributed by atoms with E-state index in [0.717, 1.165) is 43.6 Å². The molecule has 1 aromatic heterocycles. The second-order valence-electron chi connectivity index (χ2n) is 9.10. The first kappa shape index (κ1) is 22.3. The zero-order valence-corrected chi connectivity index (χ0v) is 19.6. The van der Waals surface area contributed by atoms with Crippen molar-refractivity contribution in [1.82, 2.24) is 19.8 Å². The number of imide groups is 1. The van der Waals surface area contributed by atoms with Crippen molar-refractivity contribution in [3.05, 3.63) is 47.3 Å². The van der Waals surface area contributed by atoms with Crippen molar-refractivity contribution >= 4 is 29.4 Å². The monoisotopic (exact) mass is 462 g/mol. The Bertz CT molecular complexity index is 1070. The smallest absolute Gasteiger partial charge is 0.261 e. The van der Waals surface area contributed by atoms with Crippen LogP contribution in [-0.4, -0.2) is 83.3 Å². The summed E-state index contributed by atoms with van der Waals surface area (Å²) in [7, 11) is 0. The first-order valence-corrected chi connectivity index (χ1v) is 12.1. The van der Waals surface area contributed by atoms with Crippen molar-refractivity contribution in [3.63, 3.8) is 0 Å². The fourth-order valence-electron chi connectivity index (χ4n) is 4.98. The third kappa shape index (κ3) is 4.34. The molecule has 5 rings (SSSR count). The molecule has 0 spiro atoms. The Labute approximate surface area is 199 Å². The summed E-state index contributed by atoms with van der Waals surface area (Å²) < 4.78 is 0. The van der Waals surface area contributed by atoms with E-state index >= 15 is 0 Å². The summed E-state index contributed by atoms with van der Waals surface area (Å²) in [5, 5.41) is 0. The van der Waals surface area contributed by atoms with Gasteiger partial charge in [0.2, 0.25) is 5.91 Å². The van der Waals surface area contributed by atoms with E-state index in [0.29, 0.717) is 37.1 Å². The van der Waals surface area contributed by atoms with Crippen molar-refractivity contribution in [2.24, 2.45) is 0 Å². The number of carbonyl (C=O) groups excluding carboxylic acids is 3. The number of benzene rings is 1. The fourth-order valence-corrected chi connectivity index (χ4v) is 4.98. The number of hydrogen-bond donors (Lipinski definition) is 0. The lowest BCUT2D eigenvalue weighted by molar-refractivity contribution is -0.131. The molecule has 0 N–H and O–H groups in total. The number of rotatable bonds is 6. The van der Waals surface area contributed by atoms with Crippen LogP contribution in [-0.2, 0) is 4.79 Å². The summed E-state index contributed by atoms with van der Waals surface area (Å²) in [6.07, 6.45) is 3.19. The molecule has 34 heavy (non-hydrogen) atoms. The number of carbonyl (C=O) groups is 3. The maximum Gasteiger partial charge on any atom is 0.261 e. The standard InChI is InChI=1S/C25H30N6O3/c1-18-26-21(28-10-4-5-11-28)17-22(27-18)29-13-15-30(16-14-29)23(32)9-6-12-31-24(33)19-7-2-3-8-20(19)25(31)34/h2-3,7-8,17H,4-6,9-16H2,1H3. The van der Waals surface area contributed by atoms with Crippen molar-refractivity contribution in [1.29, 1.82) is 0 Å². The Morgan fingerprint density at radius 2 is 1.41 bits per heavy atom. The van der Waals surface area contributed by atoms with Gasteiger partial charge in [0.05, 0.1) is 11.1 Å². The van der Waals surface area contributed by atoms with Crippen LogP contribution in [0.3, 0.4) is 0 Å². The van der Waals surface area contributed by atoms with E-state index in [4.69, 9.17) is 0 Å². The highest BCUT2D eigenvalue weighted by atomic mass is 16.2. The first-order chi connectivity index (χ1) is 16.5. The van der Waals surface area contributed by atoms with Crippen LogP contribution >= 0.6 is 0 Å². The van der Waals surface area contributed by atoms with E-state index in [1.54, 1.807) is 24.3 Å². The second-order valence-corrected chi connectivity index (χ2v) is 9.10. The topological polar surface area (TPSA) is 90.0 Å². The number of aromatic nitrogens is 2. The van der Waals surface area contributed by atoms with E-state index in [1.807, 2.05) is 11.8 Å². The van der Waals surface area contributed by atoms with Crippen LogP contribution in [0.5, 0.6) is 0 Å². The Balaban J connectivity index is 1.11. The summed E-state index contributed by atoms with van der Waals surface area (Å²) in [5.74, 6) is 2.21. The highest BCUT2D eigenvalue weighted by Gasteiger charge is 2.34. The third-order valence-electron chi connectivity index (χ3n) is 6.85. The summed E-state index contributed by atoms with van der Waals surface area (Å²) in [5.41, 5.74) is 0.894. The molecule has 0 aliphatic carbocycles. The quantitative estimate of drug-likeness (QED) is 0.608. The van der Waals surface area contributed by atoms with Gasteiger partial charge in [-0.1, -0.05) is 12.1 Å². The van der Waals surface area contributed by atoms with Gasteiger partial charge >= 0.3 is 0 Å². The molecule has 1 aromatic carbocycles. The van der Waals surface area contributed by atoms with E-state index in [1.165, 1.54) is 17.7 Å². The Hall–Kier alpha value is -3.49. The van der Waals surface area contributed by atoms with E-state index in [-0.39, 0.29) is 24.3 Å². The van der Waals surface area contributed by atoms with Gasteiger partial charge in [-0.05, 0) is 38.3 Å². The van der Waals surface area contributed by atoms with Crippen LogP contribution in [0, 0.1) is 6.92 Å². The number of fused-ring (bicyclic) bond motifs is 1. The molecule has 2 fully saturated rings. The largest absolute Gasteiger partial charge is 0.356 e. The average molecular weight is 463 g/mol. The van der Waals surface area contributed by atoms with Gasteiger partial charge in [-0.3, -0.25) is 19.3 Å². The van der Waals surface area contributed by atoms with Crippen molar-refractivity contribution < 1.29 is 14.4 Å². The molecule has 0 radical (unpaired) electrons. The molecule has 0 bridgehead atoms. The van der Waals surface area contributed by atoms with Crippen molar-refractivity contribution in [2.75, 3.05) is 55.6 Å². The van der Waals surface area contributed by atoms with E-state index in [2.05, 4.69) is 25.8 Å². The van der Waals surface area contributed by atoms with Gasteiger partial charge in [0.15, 0.2) is 0 Å². The normalized spacial score (nSPS) is 18.1. The fraction of sp³-hybridized carbons (Fsp3) is 0.480. The highest BCUT2D eigenvalue weighted by molar-refractivity contribution is 6.21. The zero-order valence-electron chi connectivity index (χ0n) is 19.6. The molecule has 0 unspecified atom stereocenters. The maximum atomic E-state index is 12.8. The lowest BCUT2D eigenvalue weighted by Gasteiger charge is -2.36. The molecule has 178 valence electrons. The van der Waals surface area contributed by atoms with Crippen LogP contribution in [0.25, 0.3) is 0 Å². The lowest BCUT2D eigenvalue weighted by atomic mass is 10.1. The minimum Gasteiger partial charge on any atom is -0.356 e. The van der Waals surface area contributed by atoms with Crippen LogP contribution in [0.15, 0.2) is 30.3 Å². The predicted octanol–water partition coefficient (Wildman–Crippen LogP) is 2.11. The number of nitrogens with zero attached hydrogens (tertiary/aromatic N) is 6. The molecule has 9 nitrogen and oxygen atoms in total. The molecule has 9 heteroatoms. The van der Waals surface area contributed by atoms with Gasteiger partial charge in [-0.25, -0.2) is 9.97 Å². The molecule has 4 heterocycles. The molecular formula is C25H30N6O3. The van der Waals surface area contributed by atoms with Gasteiger partial charge < -0.3 is 14.7 Å². The number of aryl methyl sites for hydroxylation is 1. The van der Waals surface area contributed by atoms with Gasteiger partial charge in [0.25, 0.3) is 11.8 Å². The van der Waals surface area contributed by atoms with E-state index < -0.39 is 0 Å². The maximum absolute atomic E-state index is 12.8. The SMILES string of the molecule is Cc1nc(N2CCCC2)cc(N2CCN(C(=O)CCCN3C(=O)c4ccccc4C3=O)CC2)n1. The van der Waals surface area contributed by atoms with Crippen molar-refractivity contribution in [3.8, 4) is 0 Å². The molecule has 2 saturated heterocycles. The molecule has 0 atom stereocenters. The van der Waals surface area contributed by atoms with Crippen LogP contribution in [0.4, 0.5) is 11.6 Å². The number of amides is 3. The molecule has 2 aromatic rings. The average Bonchev–Trinajstić information content (AvgIpc) is 3.48. The minimum absolute atomic E-state index is 0.0629. The Morgan fingerprint density at radius 3 is 2.00 bits per heavy atom. The predicted molar refractivity (Wildman–Crippen MR) is 128 cm³/mol. The highest BCUT2D eigenvalue weighted by Crippen LogP contribution is 2.24. The minimum atomic E-state index is -0.268.